The Hall–Kier alpha value is -4.75. The van der Waals surface area contributed by atoms with Crippen molar-refractivity contribution >= 4 is 17.9 Å². The molecule has 0 atom stereocenters. The fraction of sp³-hybridized carbons (Fsp3) is 0.265. The molecule has 0 aliphatic heterocycles. The molecule has 0 amide bonds. The normalized spacial score (nSPS) is 11.5. The number of aldehydes is 1. The van der Waals surface area contributed by atoms with Gasteiger partial charge in [0.2, 0.25) is 6.29 Å². The maximum atomic E-state index is 12.8. The van der Waals surface area contributed by atoms with Gasteiger partial charge in [-0.05, 0) is 61.4 Å². The quantitative estimate of drug-likeness (QED) is 0.0659. The minimum atomic E-state index is -4.45. The van der Waals surface area contributed by atoms with Crippen LogP contribution in [-0.4, -0.2) is 41.0 Å². The summed E-state index contributed by atoms with van der Waals surface area (Å²) < 4.78 is 87.0. The molecule has 2 heterocycles. The lowest BCUT2D eigenvalue weighted by molar-refractivity contribution is -0.142. The molecule has 0 unspecified atom stereocenters. The Balaban J connectivity index is 0.000000261. The zero-order valence-corrected chi connectivity index (χ0v) is 25.3. The second-order valence-corrected chi connectivity index (χ2v) is 9.85. The van der Waals surface area contributed by atoms with E-state index in [4.69, 9.17) is 9.47 Å². The fourth-order valence-corrected chi connectivity index (χ4v) is 4.20. The number of Topliss-reactive ketones (excluding diaryl/α,β-unsaturated/α-hetero) is 2. The third-order valence-electron chi connectivity index (χ3n) is 6.35. The van der Waals surface area contributed by atoms with Gasteiger partial charge in [0, 0.05) is 26.1 Å². The van der Waals surface area contributed by atoms with E-state index in [9.17, 15) is 40.7 Å². The van der Waals surface area contributed by atoms with Crippen molar-refractivity contribution in [1.29, 1.82) is 0 Å². The fourth-order valence-electron chi connectivity index (χ4n) is 4.20. The summed E-state index contributed by atoms with van der Waals surface area (Å²) in [5, 5.41) is 0. The number of rotatable bonds is 12. The van der Waals surface area contributed by atoms with Crippen LogP contribution in [0, 0.1) is 0 Å². The topological polar surface area (TPSA) is 95.5 Å². The van der Waals surface area contributed by atoms with Gasteiger partial charge in [-0.2, -0.15) is 26.3 Å². The summed E-state index contributed by atoms with van der Waals surface area (Å²) >= 11 is 0. The largest absolute Gasteiger partial charge is 0.416 e. The average Bonchev–Trinajstić information content (AvgIpc) is 3.04. The zero-order chi connectivity index (χ0) is 34.6. The molecular formula is C34H30F6N2O5. The van der Waals surface area contributed by atoms with Gasteiger partial charge in [-0.15, -0.1) is 0 Å². The molecule has 248 valence electrons. The van der Waals surface area contributed by atoms with E-state index in [1.807, 2.05) is 13.8 Å². The lowest BCUT2D eigenvalue weighted by atomic mass is 10.0. The first kappa shape index (κ1) is 36.7. The summed E-state index contributed by atoms with van der Waals surface area (Å²) in [5.74, 6) is -0.823. The van der Waals surface area contributed by atoms with Crippen LogP contribution >= 0.6 is 0 Å². The van der Waals surface area contributed by atoms with Crippen molar-refractivity contribution in [2.24, 2.45) is 0 Å². The van der Waals surface area contributed by atoms with Gasteiger partial charge in [-0.25, -0.2) is 9.97 Å². The standard InChI is InChI=1S/C19H20F3NO3.C15H10F3NO2/c1-3-25-18(26-4-2)16-10-6-9-15(23-16)17(24)12-13-7-5-8-14(11-13)19(20,21)22;16-15(17,18)11-4-1-3-10(7-11)8-14(21)13-6-2-5-12(9-20)19-13/h5-11,18H,3-4,12H2,1-2H3;1-7,9H,8H2. The maximum absolute atomic E-state index is 12.8. The number of hydrogen-bond acceptors (Lipinski definition) is 7. The average molecular weight is 661 g/mol. The van der Waals surface area contributed by atoms with E-state index in [1.165, 1.54) is 48.5 Å². The second kappa shape index (κ2) is 16.7. The van der Waals surface area contributed by atoms with E-state index >= 15 is 0 Å². The van der Waals surface area contributed by atoms with E-state index in [0.717, 1.165) is 24.3 Å². The molecule has 0 N–H and O–H groups in total. The van der Waals surface area contributed by atoms with E-state index in [0.29, 0.717) is 25.2 Å². The van der Waals surface area contributed by atoms with E-state index in [1.54, 1.807) is 12.1 Å². The summed E-state index contributed by atoms with van der Waals surface area (Å²) in [6, 6.07) is 18.5. The number of pyridine rings is 2. The first-order valence-electron chi connectivity index (χ1n) is 14.3. The molecule has 4 aromatic rings. The lowest BCUT2D eigenvalue weighted by Crippen LogP contribution is -2.14. The Morgan fingerprint density at radius 3 is 1.57 bits per heavy atom. The van der Waals surface area contributed by atoms with Gasteiger partial charge >= 0.3 is 12.4 Å². The van der Waals surface area contributed by atoms with Crippen LogP contribution in [0.2, 0.25) is 0 Å². The molecule has 0 aliphatic rings. The number of carbonyl (C=O) groups is 3. The van der Waals surface area contributed by atoms with Gasteiger partial charge in [0.05, 0.1) is 16.8 Å². The number of nitrogens with zero attached hydrogens (tertiary/aromatic N) is 2. The highest BCUT2D eigenvalue weighted by Gasteiger charge is 2.31. The van der Waals surface area contributed by atoms with E-state index in [-0.39, 0.29) is 46.8 Å². The zero-order valence-electron chi connectivity index (χ0n) is 25.3. The molecule has 0 bridgehead atoms. The highest BCUT2D eigenvalue weighted by atomic mass is 19.4. The number of ketones is 2. The Morgan fingerprint density at radius 1 is 0.681 bits per heavy atom. The predicted octanol–water partition coefficient (Wildman–Crippen LogP) is 7.94. The maximum Gasteiger partial charge on any atom is 0.416 e. The molecule has 4 rings (SSSR count). The summed E-state index contributed by atoms with van der Waals surface area (Å²) in [6.07, 6.45) is -9.46. The van der Waals surface area contributed by atoms with Crippen molar-refractivity contribution in [2.75, 3.05) is 13.2 Å². The third kappa shape index (κ3) is 11.2. The molecule has 13 heteroatoms. The van der Waals surface area contributed by atoms with Gasteiger partial charge in [-0.1, -0.05) is 48.5 Å². The van der Waals surface area contributed by atoms with Crippen molar-refractivity contribution < 1.29 is 50.2 Å². The van der Waals surface area contributed by atoms with E-state index < -0.39 is 35.6 Å². The Bertz CT molecular complexity index is 1670. The number of aromatic nitrogens is 2. The van der Waals surface area contributed by atoms with Gasteiger partial charge in [0.15, 0.2) is 17.9 Å². The van der Waals surface area contributed by atoms with Crippen molar-refractivity contribution in [3.05, 3.63) is 130 Å². The van der Waals surface area contributed by atoms with Crippen molar-refractivity contribution in [2.45, 2.75) is 45.3 Å². The van der Waals surface area contributed by atoms with Crippen LogP contribution in [0.5, 0.6) is 0 Å². The van der Waals surface area contributed by atoms with E-state index in [2.05, 4.69) is 9.97 Å². The Morgan fingerprint density at radius 2 is 1.13 bits per heavy atom. The van der Waals surface area contributed by atoms with Gasteiger partial charge in [-0.3, -0.25) is 14.4 Å². The summed E-state index contributed by atoms with van der Waals surface area (Å²) in [6.45, 7) is 4.45. The van der Waals surface area contributed by atoms with Gasteiger partial charge in [0.25, 0.3) is 0 Å². The molecule has 0 saturated heterocycles. The highest BCUT2D eigenvalue weighted by Crippen LogP contribution is 2.31. The summed E-state index contributed by atoms with van der Waals surface area (Å²) in [4.78, 5) is 43.1. The van der Waals surface area contributed by atoms with Crippen LogP contribution in [0.1, 0.15) is 79.6 Å². The molecule has 2 aromatic heterocycles. The number of halogens is 6. The van der Waals surface area contributed by atoms with Crippen LogP contribution in [-0.2, 0) is 34.7 Å². The van der Waals surface area contributed by atoms with Crippen LogP contribution in [0.3, 0.4) is 0 Å². The van der Waals surface area contributed by atoms with Gasteiger partial charge in [0.1, 0.15) is 17.1 Å². The SMILES string of the molecule is CCOC(OCC)c1cccc(C(=O)Cc2cccc(C(F)(F)F)c2)n1.O=Cc1cccc(C(=O)Cc2cccc(C(F)(F)F)c2)n1. The van der Waals surface area contributed by atoms with Crippen LogP contribution in [0.4, 0.5) is 26.3 Å². The summed E-state index contributed by atoms with van der Waals surface area (Å²) in [7, 11) is 0. The monoisotopic (exact) mass is 660 g/mol. The molecular weight excluding hydrogens is 630 g/mol. The Labute approximate surface area is 266 Å². The Kier molecular flexibility index (Phi) is 13.0. The van der Waals surface area contributed by atoms with Crippen molar-refractivity contribution in [1.82, 2.24) is 9.97 Å². The number of alkyl halides is 6. The molecule has 0 spiro atoms. The minimum absolute atomic E-state index is 0.0528. The molecule has 7 nitrogen and oxygen atoms in total. The number of hydrogen-bond donors (Lipinski definition) is 0. The molecule has 47 heavy (non-hydrogen) atoms. The van der Waals surface area contributed by atoms with Crippen LogP contribution in [0.15, 0.2) is 84.9 Å². The predicted molar refractivity (Wildman–Crippen MR) is 159 cm³/mol. The lowest BCUT2D eigenvalue weighted by Gasteiger charge is -2.16. The summed E-state index contributed by atoms with van der Waals surface area (Å²) in [5.41, 5.74) is -0.300. The number of ether oxygens (including phenoxy) is 2. The number of benzene rings is 2. The highest BCUT2D eigenvalue weighted by molar-refractivity contribution is 5.96. The molecule has 0 saturated carbocycles. The molecule has 0 aliphatic carbocycles. The second-order valence-electron chi connectivity index (χ2n) is 9.85. The smallest absolute Gasteiger partial charge is 0.347 e. The molecule has 0 radical (unpaired) electrons. The van der Waals surface area contributed by atoms with Gasteiger partial charge < -0.3 is 9.47 Å². The van der Waals surface area contributed by atoms with Crippen molar-refractivity contribution in [3.8, 4) is 0 Å². The van der Waals surface area contributed by atoms with Crippen molar-refractivity contribution in [3.63, 3.8) is 0 Å². The first-order chi connectivity index (χ1) is 22.2. The minimum Gasteiger partial charge on any atom is -0.347 e. The third-order valence-corrected chi connectivity index (χ3v) is 6.35. The number of carbonyl (C=O) groups excluding carboxylic acids is 3. The first-order valence-corrected chi connectivity index (χ1v) is 14.3. The van der Waals surface area contributed by atoms with Crippen LogP contribution in [0.25, 0.3) is 0 Å². The molecule has 0 fully saturated rings. The molecule has 2 aromatic carbocycles. The van der Waals surface area contributed by atoms with Crippen LogP contribution < -0.4 is 0 Å².